The Kier molecular flexibility index (Phi) is 7.68. The van der Waals surface area contributed by atoms with Gasteiger partial charge in [-0.25, -0.2) is 0 Å². The van der Waals surface area contributed by atoms with Crippen LogP contribution in [0.4, 0.5) is 0 Å². The third kappa shape index (κ3) is 5.17. The molecule has 2 fully saturated rings. The Bertz CT molecular complexity index is 982. The smallest absolute Gasteiger partial charge is 0.246 e. The minimum absolute atomic E-state index is 0.00449. The highest BCUT2D eigenvalue weighted by atomic mass is 16.5. The maximum atomic E-state index is 13.5. The molecule has 2 aliphatic rings. The van der Waals surface area contributed by atoms with Crippen LogP contribution in [-0.2, 0) is 22.6 Å². The molecule has 1 atom stereocenters. The summed E-state index contributed by atoms with van der Waals surface area (Å²) in [7, 11) is 0. The van der Waals surface area contributed by atoms with Crippen molar-refractivity contribution in [2.45, 2.75) is 50.7 Å². The molecule has 2 amide bonds. The van der Waals surface area contributed by atoms with Crippen molar-refractivity contribution in [1.29, 1.82) is 0 Å². The van der Waals surface area contributed by atoms with Gasteiger partial charge in [-0.3, -0.25) is 14.5 Å². The summed E-state index contributed by atoms with van der Waals surface area (Å²) < 4.78 is 5.56. The van der Waals surface area contributed by atoms with Gasteiger partial charge in [0.25, 0.3) is 0 Å². The lowest BCUT2D eigenvalue weighted by Gasteiger charge is -2.51. The van der Waals surface area contributed by atoms with Crippen LogP contribution < -0.4 is 10.1 Å². The quantitative estimate of drug-likeness (QED) is 0.580. The van der Waals surface area contributed by atoms with E-state index in [1.54, 1.807) is 6.08 Å². The molecule has 1 N–H and O–H groups in total. The van der Waals surface area contributed by atoms with Crippen molar-refractivity contribution in [2.24, 2.45) is 0 Å². The summed E-state index contributed by atoms with van der Waals surface area (Å²) in [4.78, 5) is 31.2. The number of hydrogen-bond acceptors (Lipinski definition) is 4. The van der Waals surface area contributed by atoms with E-state index < -0.39 is 11.6 Å². The van der Waals surface area contributed by atoms with E-state index in [1.165, 1.54) is 5.56 Å². The molecule has 2 aliphatic heterocycles. The zero-order chi connectivity index (χ0) is 24.0. The molecule has 2 aromatic rings. The van der Waals surface area contributed by atoms with Gasteiger partial charge in [-0.1, -0.05) is 62.0 Å². The molecule has 34 heavy (non-hydrogen) atoms. The average Bonchev–Trinajstić information content (AvgIpc) is 2.86. The van der Waals surface area contributed by atoms with Crippen LogP contribution in [-0.4, -0.2) is 59.4 Å². The van der Waals surface area contributed by atoms with Crippen LogP contribution in [0.2, 0.25) is 0 Å². The van der Waals surface area contributed by atoms with E-state index in [1.807, 2.05) is 47.4 Å². The van der Waals surface area contributed by atoms with Crippen molar-refractivity contribution >= 4 is 11.8 Å². The van der Waals surface area contributed by atoms with Crippen LogP contribution >= 0.6 is 0 Å². The average molecular weight is 462 g/mol. The van der Waals surface area contributed by atoms with Gasteiger partial charge >= 0.3 is 0 Å². The Hall–Kier alpha value is -3.12. The van der Waals surface area contributed by atoms with Gasteiger partial charge in [-0.2, -0.15) is 0 Å². The zero-order valence-corrected chi connectivity index (χ0v) is 20.0. The van der Waals surface area contributed by atoms with Gasteiger partial charge in [0.1, 0.15) is 23.9 Å². The highest BCUT2D eigenvalue weighted by Gasteiger charge is 2.53. The zero-order valence-electron chi connectivity index (χ0n) is 20.0. The van der Waals surface area contributed by atoms with Crippen molar-refractivity contribution in [2.75, 3.05) is 26.2 Å². The maximum absolute atomic E-state index is 13.5. The topological polar surface area (TPSA) is 61.9 Å². The molecule has 0 aromatic heterocycles. The third-order valence-corrected chi connectivity index (χ3v) is 6.92. The minimum Gasteiger partial charge on any atom is -0.490 e. The number of hydrogen-bond donors (Lipinski definition) is 1. The second-order valence-corrected chi connectivity index (χ2v) is 9.26. The van der Waals surface area contributed by atoms with E-state index in [2.05, 4.69) is 35.9 Å². The van der Waals surface area contributed by atoms with E-state index in [0.29, 0.717) is 32.4 Å². The fourth-order valence-electron chi connectivity index (χ4n) is 5.09. The number of piperidine rings is 1. The first-order valence-corrected chi connectivity index (χ1v) is 12.3. The molecule has 0 radical (unpaired) electrons. The van der Waals surface area contributed by atoms with Gasteiger partial charge in [0.05, 0.1) is 0 Å². The molecule has 2 aromatic carbocycles. The SMILES string of the molecule is C=CCOc1ccc(CN2CCC3(CC2)C(=O)NC(Cc2ccccc2)C(=O)N3CCC)cc1. The fraction of sp³-hybridized carbons (Fsp3) is 0.429. The van der Waals surface area contributed by atoms with E-state index in [-0.39, 0.29) is 11.8 Å². The van der Waals surface area contributed by atoms with Gasteiger partial charge < -0.3 is 15.0 Å². The van der Waals surface area contributed by atoms with E-state index in [4.69, 9.17) is 4.74 Å². The van der Waals surface area contributed by atoms with Gasteiger partial charge in [0.15, 0.2) is 0 Å². The van der Waals surface area contributed by atoms with Crippen molar-refractivity contribution in [3.8, 4) is 5.75 Å². The van der Waals surface area contributed by atoms with Crippen molar-refractivity contribution in [3.05, 3.63) is 78.4 Å². The molecule has 4 rings (SSSR count). The van der Waals surface area contributed by atoms with Crippen molar-refractivity contribution < 1.29 is 14.3 Å². The largest absolute Gasteiger partial charge is 0.490 e. The Morgan fingerprint density at radius 3 is 2.41 bits per heavy atom. The molecule has 6 heteroatoms. The monoisotopic (exact) mass is 461 g/mol. The number of nitrogens with one attached hydrogen (secondary N) is 1. The number of ether oxygens (including phenoxy) is 1. The Balaban J connectivity index is 1.41. The Labute approximate surface area is 202 Å². The van der Waals surface area contributed by atoms with Crippen LogP contribution in [0.3, 0.4) is 0 Å². The number of nitrogens with zero attached hydrogens (tertiary/aromatic N) is 2. The Morgan fingerprint density at radius 1 is 1.06 bits per heavy atom. The predicted octanol–water partition coefficient (Wildman–Crippen LogP) is 3.57. The second-order valence-electron chi connectivity index (χ2n) is 9.26. The summed E-state index contributed by atoms with van der Waals surface area (Å²) >= 11 is 0. The summed E-state index contributed by atoms with van der Waals surface area (Å²) in [6, 6.07) is 17.5. The van der Waals surface area contributed by atoms with Crippen molar-refractivity contribution in [1.82, 2.24) is 15.1 Å². The van der Waals surface area contributed by atoms with Crippen LogP contribution in [0.1, 0.15) is 37.3 Å². The fourth-order valence-corrected chi connectivity index (χ4v) is 5.09. The molecule has 1 spiro atoms. The van der Waals surface area contributed by atoms with E-state index in [9.17, 15) is 9.59 Å². The number of piperazine rings is 1. The first-order chi connectivity index (χ1) is 16.6. The second kappa shape index (κ2) is 10.9. The van der Waals surface area contributed by atoms with E-state index >= 15 is 0 Å². The molecule has 1 unspecified atom stereocenters. The number of amides is 2. The van der Waals surface area contributed by atoms with Crippen LogP contribution in [0.5, 0.6) is 5.75 Å². The number of carbonyl (C=O) groups is 2. The normalized spacial score (nSPS) is 20.3. The molecular formula is C28H35N3O3. The summed E-state index contributed by atoms with van der Waals surface area (Å²) in [6.07, 6.45) is 4.41. The summed E-state index contributed by atoms with van der Waals surface area (Å²) in [6.45, 7) is 9.22. The molecule has 2 saturated heterocycles. The van der Waals surface area contributed by atoms with Gasteiger partial charge in [-0.05, 0) is 42.5 Å². The standard InChI is InChI=1S/C28H35N3O3/c1-3-16-31-26(32)25(20-22-8-6-5-7-9-22)29-27(33)28(31)14-17-30(18-15-28)21-23-10-12-24(13-11-23)34-19-4-2/h4-13,25H,2-3,14-21H2,1H3,(H,29,33). The van der Waals surface area contributed by atoms with E-state index in [0.717, 1.165) is 37.4 Å². The van der Waals surface area contributed by atoms with Gasteiger partial charge in [0.2, 0.25) is 11.8 Å². The van der Waals surface area contributed by atoms with Crippen LogP contribution in [0, 0.1) is 0 Å². The molecule has 6 nitrogen and oxygen atoms in total. The molecule has 2 heterocycles. The highest BCUT2D eigenvalue weighted by molar-refractivity contribution is 6.00. The number of rotatable bonds is 9. The van der Waals surface area contributed by atoms with Crippen molar-refractivity contribution in [3.63, 3.8) is 0 Å². The lowest BCUT2D eigenvalue weighted by atomic mass is 9.81. The highest BCUT2D eigenvalue weighted by Crippen LogP contribution is 2.34. The lowest BCUT2D eigenvalue weighted by molar-refractivity contribution is -0.161. The summed E-state index contributed by atoms with van der Waals surface area (Å²) in [5, 5.41) is 3.08. The predicted molar refractivity (Wildman–Crippen MR) is 133 cm³/mol. The van der Waals surface area contributed by atoms with Gasteiger partial charge in [-0.15, -0.1) is 0 Å². The molecule has 0 aliphatic carbocycles. The number of carbonyl (C=O) groups excluding carboxylic acids is 2. The summed E-state index contributed by atoms with van der Waals surface area (Å²) in [5.41, 5.74) is 1.53. The summed E-state index contributed by atoms with van der Waals surface area (Å²) in [5.74, 6) is 0.887. The first kappa shape index (κ1) is 24.0. The number of benzene rings is 2. The lowest BCUT2D eigenvalue weighted by Crippen LogP contribution is -2.73. The number of likely N-dealkylation sites (tertiary alicyclic amines) is 1. The molecule has 180 valence electrons. The first-order valence-electron chi connectivity index (χ1n) is 12.3. The maximum Gasteiger partial charge on any atom is 0.246 e. The minimum atomic E-state index is -0.737. The van der Waals surface area contributed by atoms with Gasteiger partial charge in [0, 0.05) is 32.6 Å². The molecule has 0 saturated carbocycles. The molecular weight excluding hydrogens is 426 g/mol. The molecule has 0 bridgehead atoms. The third-order valence-electron chi connectivity index (χ3n) is 6.92. The van der Waals surface area contributed by atoms with Crippen LogP contribution in [0.15, 0.2) is 67.3 Å². The van der Waals surface area contributed by atoms with Crippen LogP contribution in [0.25, 0.3) is 0 Å². The Morgan fingerprint density at radius 2 is 1.76 bits per heavy atom.